The number of hydrogen-bond donors (Lipinski definition) is 0. The van der Waals surface area contributed by atoms with Gasteiger partial charge in [0.1, 0.15) is 0 Å². The summed E-state index contributed by atoms with van der Waals surface area (Å²) in [5.41, 5.74) is 1.61. The molecule has 0 bridgehead atoms. The fraction of sp³-hybridized carbons (Fsp3) is 0.462. The van der Waals surface area contributed by atoms with Gasteiger partial charge in [-0.25, -0.2) is 0 Å². The van der Waals surface area contributed by atoms with E-state index in [1.165, 1.54) is 0 Å². The van der Waals surface area contributed by atoms with Gasteiger partial charge in [-0.3, -0.25) is 4.79 Å². The molecule has 0 fully saturated rings. The highest BCUT2D eigenvalue weighted by Gasteiger charge is 2.17. The van der Waals surface area contributed by atoms with Crippen molar-refractivity contribution in [2.24, 2.45) is 5.41 Å². The van der Waals surface area contributed by atoms with E-state index in [0.717, 1.165) is 18.5 Å². The van der Waals surface area contributed by atoms with E-state index in [1.807, 2.05) is 18.0 Å². The van der Waals surface area contributed by atoms with Crippen LogP contribution in [-0.2, 0) is 0 Å². The molecule has 0 spiro atoms. The van der Waals surface area contributed by atoms with E-state index in [2.05, 4.69) is 20.8 Å². The molecule has 0 aliphatic carbocycles. The molecule has 0 saturated heterocycles. The van der Waals surface area contributed by atoms with Crippen molar-refractivity contribution >= 4 is 23.6 Å². The van der Waals surface area contributed by atoms with E-state index in [1.54, 1.807) is 12.1 Å². The first-order valence-electron chi connectivity index (χ1n) is 5.30. The van der Waals surface area contributed by atoms with E-state index >= 15 is 0 Å². The molecule has 3 heteroatoms. The molecule has 0 aliphatic heterocycles. The minimum Gasteiger partial charge on any atom is -0.372 e. The Hall–Kier alpha value is -1.02. The van der Waals surface area contributed by atoms with Gasteiger partial charge in [-0.15, -0.1) is 0 Å². The van der Waals surface area contributed by atoms with Crippen LogP contribution in [0.1, 0.15) is 31.1 Å². The number of anilines is 1. The molecule has 0 N–H and O–H groups in total. The van der Waals surface area contributed by atoms with Crippen molar-refractivity contribution in [3.8, 4) is 0 Å². The molecule has 16 heavy (non-hydrogen) atoms. The molecule has 0 aliphatic rings. The Kier molecular flexibility index (Phi) is 3.98. The van der Waals surface area contributed by atoms with Gasteiger partial charge in [0.25, 0.3) is 0 Å². The summed E-state index contributed by atoms with van der Waals surface area (Å²) in [6.07, 6.45) is 0.848. The predicted octanol–water partition coefficient (Wildman–Crippen LogP) is 3.63. The zero-order chi connectivity index (χ0) is 12.3. The number of nitrogens with zero attached hydrogens (tertiary/aromatic N) is 1. The highest BCUT2D eigenvalue weighted by molar-refractivity contribution is 6.33. The second-order valence-electron chi connectivity index (χ2n) is 5.21. The molecular formula is C13H18ClNO. The Balaban J connectivity index is 3.07. The third-order valence-corrected chi connectivity index (χ3v) is 2.54. The molecule has 88 valence electrons. The van der Waals surface area contributed by atoms with Gasteiger partial charge in [0.05, 0.1) is 10.7 Å². The van der Waals surface area contributed by atoms with Gasteiger partial charge < -0.3 is 4.90 Å². The molecule has 1 rings (SSSR count). The quantitative estimate of drug-likeness (QED) is 0.751. The fourth-order valence-electron chi connectivity index (χ4n) is 1.82. The number of carbonyl (C=O) groups is 1. The standard InChI is InChI=1S/C13H18ClNO/c1-13(2,3)9-15(4)12-10(8-16)6-5-7-11(12)14/h5-8H,9H2,1-4H3. The van der Waals surface area contributed by atoms with Crippen molar-refractivity contribution in [1.82, 2.24) is 0 Å². The van der Waals surface area contributed by atoms with Crippen LogP contribution in [0.5, 0.6) is 0 Å². The normalized spacial score (nSPS) is 11.3. The van der Waals surface area contributed by atoms with E-state index < -0.39 is 0 Å². The monoisotopic (exact) mass is 239 g/mol. The zero-order valence-electron chi connectivity index (χ0n) is 10.2. The smallest absolute Gasteiger partial charge is 0.152 e. The highest BCUT2D eigenvalue weighted by atomic mass is 35.5. The van der Waals surface area contributed by atoms with Crippen LogP contribution in [0.15, 0.2) is 18.2 Å². The number of rotatable bonds is 3. The van der Waals surface area contributed by atoms with Crippen LogP contribution in [0.4, 0.5) is 5.69 Å². The van der Waals surface area contributed by atoms with Gasteiger partial charge in [-0.1, -0.05) is 38.4 Å². The van der Waals surface area contributed by atoms with Crippen molar-refractivity contribution < 1.29 is 4.79 Å². The van der Waals surface area contributed by atoms with Crippen molar-refractivity contribution in [2.45, 2.75) is 20.8 Å². The van der Waals surface area contributed by atoms with Crippen LogP contribution in [0.25, 0.3) is 0 Å². The minimum absolute atomic E-state index is 0.161. The maximum atomic E-state index is 11.0. The van der Waals surface area contributed by atoms with Crippen LogP contribution in [0, 0.1) is 5.41 Å². The number of carbonyl (C=O) groups excluding carboxylic acids is 1. The van der Waals surface area contributed by atoms with Gasteiger partial charge in [0.2, 0.25) is 0 Å². The molecule has 0 heterocycles. The van der Waals surface area contributed by atoms with Crippen LogP contribution in [-0.4, -0.2) is 19.9 Å². The molecular weight excluding hydrogens is 222 g/mol. The van der Waals surface area contributed by atoms with E-state index in [4.69, 9.17) is 11.6 Å². The van der Waals surface area contributed by atoms with Crippen molar-refractivity contribution in [1.29, 1.82) is 0 Å². The maximum absolute atomic E-state index is 11.0. The average molecular weight is 240 g/mol. The number of para-hydroxylation sites is 1. The molecule has 0 saturated carbocycles. The molecule has 1 aromatic rings. The Morgan fingerprint density at radius 2 is 2.00 bits per heavy atom. The predicted molar refractivity (Wildman–Crippen MR) is 69.6 cm³/mol. The Morgan fingerprint density at radius 3 is 2.50 bits per heavy atom. The highest BCUT2D eigenvalue weighted by Crippen LogP contribution is 2.30. The molecule has 0 unspecified atom stereocenters. The number of benzene rings is 1. The first kappa shape index (κ1) is 13.0. The number of aldehydes is 1. The Bertz CT molecular complexity index is 382. The van der Waals surface area contributed by atoms with Crippen molar-refractivity contribution in [3.05, 3.63) is 28.8 Å². The first-order chi connectivity index (χ1) is 7.35. The summed E-state index contributed by atoms with van der Waals surface area (Å²) in [5.74, 6) is 0. The van der Waals surface area contributed by atoms with Crippen LogP contribution < -0.4 is 4.90 Å². The van der Waals surface area contributed by atoms with Gasteiger partial charge in [0.15, 0.2) is 6.29 Å². The summed E-state index contributed by atoms with van der Waals surface area (Å²) in [5, 5.41) is 0.622. The molecule has 1 aromatic carbocycles. The lowest BCUT2D eigenvalue weighted by Crippen LogP contribution is -2.30. The van der Waals surface area contributed by atoms with Gasteiger partial charge in [-0.2, -0.15) is 0 Å². The Morgan fingerprint density at radius 1 is 1.38 bits per heavy atom. The third kappa shape index (κ3) is 3.24. The van der Waals surface area contributed by atoms with Crippen LogP contribution >= 0.6 is 11.6 Å². The summed E-state index contributed by atoms with van der Waals surface area (Å²) in [6.45, 7) is 7.31. The SMILES string of the molecule is CN(CC(C)(C)C)c1c(Cl)cccc1C=O. The van der Waals surface area contributed by atoms with Gasteiger partial charge in [-0.05, 0) is 17.5 Å². The first-order valence-corrected chi connectivity index (χ1v) is 5.68. The lowest BCUT2D eigenvalue weighted by molar-refractivity contribution is 0.112. The van der Waals surface area contributed by atoms with Crippen LogP contribution in [0.3, 0.4) is 0 Å². The third-order valence-electron chi connectivity index (χ3n) is 2.24. The number of hydrogen-bond acceptors (Lipinski definition) is 2. The number of halogens is 1. The largest absolute Gasteiger partial charge is 0.372 e. The van der Waals surface area contributed by atoms with Gasteiger partial charge >= 0.3 is 0 Å². The van der Waals surface area contributed by atoms with Crippen molar-refractivity contribution in [3.63, 3.8) is 0 Å². The molecule has 0 amide bonds. The molecule has 0 radical (unpaired) electrons. The van der Waals surface area contributed by atoms with E-state index in [0.29, 0.717) is 10.6 Å². The van der Waals surface area contributed by atoms with Crippen LogP contribution in [0.2, 0.25) is 5.02 Å². The summed E-state index contributed by atoms with van der Waals surface area (Å²) >= 11 is 6.13. The lowest BCUT2D eigenvalue weighted by atomic mass is 9.96. The average Bonchev–Trinajstić information content (AvgIpc) is 2.14. The minimum atomic E-state index is 0.161. The lowest BCUT2D eigenvalue weighted by Gasteiger charge is -2.29. The second kappa shape index (κ2) is 4.88. The Labute approximate surface area is 102 Å². The molecule has 0 aromatic heterocycles. The zero-order valence-corrected chi connectivity index (χ0v) is 11.0. The second-order valence-corrected chi connectivity index (χ2v) is 5.62. The van der Waals surface area contributed by atoms with E-state index in [-0.39, 0.29) is 5.41 Å². The summed E-state index contributed by atoms with van der Waals surface area (Å²) in [6, 6.07) is 5.39. The fourth-order valence-corrected chi connectivity index (χ4v) is 2.15. The van der Waals surface area contributed by atoms with Gasteiger partial charge in [0, 0.05) is 19.2 Å². The van der Waals surface area contributed by atoms with E-state index in [9.17, 15) is 4.79 Å². The molecule has 0 atom stereocenters. The molecule has 2 nitrogen and oxygen atoms in total. The summed E-state index contributed by atoms with van der Waals surface area (Å²) in [4.78, 5) is 13.0. The summed E-state index contributed by atoms with van der Waals surface area (Å²) in [7, 11) is 1.96. The maximum Gasteiger partial charge on any atom is 0.152 e. The topological polar surface area (TPSA) is 20.3 Å². The summed E-state index contributed by atoms with van der Waals surface area (Å²) < 4.78 is 0. The van der Waals surface area contributed by atoms with Crippen molar-refractivity contribution in [2.75, 3.05) is 18.5 Å².